The van der Waals surface area contributed by atoms with Crippen molar-refractivity contribution in [3.63, 3.8) is 0 Å². The molecule has 1 aromatic rings. The number of likely N-dealkylation sites (tertiary alicyclic amines) is 1. The molecule has 1 unspecified atom stereocenters. The molecule has 1 fully saturated rings. The number of nitrogens with one attached hydrogen (secondary N) is 1. The monoisotopic (exact) mass is 305 g/mol. The molecule has 0 saturated carbocycles. The Morgan fingerprint density at radius 3 is 2.91 bits per heavy atom. The van der Waals surface area contributed by atoms with E-state index in [9.17, 15) is 4.79 Å². The maximum Gasteiger partial charge on any atom is 0.219 e. The van der Waals surface area contributed by atoms with E-state index in [1.165, 1.54) is 0 Å². The fourth-order valence-electron chi connectivity index (χ4n) is 2.80. The number of piperidine rings is 1. The largest absolute Gasteiger partial charge is 0.369 e. The van der Waals surface area contributed by atoms with Gasteiger partial charge >= 0.3 is 0 Å². The van der Waals surface area contributed by atoms with Crippen molar-refractivity contribution in [3.05, 3.63) is 17.6 Å². The normalized spacial score (nSPS) is 18.6. The van der Waals surface area contributed by atoms with E-state index in [1.807, 2.05) is 17.9 Å². The molecule has 122 valence electrons. The highest BCUT2D eigenvalue weighted by molar-refractivity contribution is 5.73. The Morgan fingerprint density at radius 2 is 2.23 bits per heavy atom. The number of nitrogens with zero attached hydrogens (tertiary/aromatic N) is 4. The van der Waals surface area contributed by atoms with Crippen LogP contribution in [0.3, 0.4) is 0 Å². The molecule has 22 heavy (non-hydrogen) atoms. The van der Waals surface area contributed by atoms with Gasteiger partial charge in [0, 0.05) is 45.1 Å². The number of anilines is 1. The molecule has 1 N–H and O–H groups in total. The highest BCUT2D eigenvalue weighted by Crippen LogP contribution is 2.26. The van der Waals surface area contributed by atoms with Crippen molar-refractivity contribution in [2.45, 2.75) is 32.6 Å². The number of carbonyl (C=O) groups is 1. The van der Waals surface area contributed by atoms with Crippen LogP contribution in [0.4, 0.5) is 5.82 Å². The first kappa shape index (κ1) is 16.7. The van der Waals surface area contributed by atoms with Crippen LogP contribution in [0.15, 0.2) is 6.07 Å². The van der Waals surface area contributed by atoms with Gasteiger partial charge in [-0.2, -0.15) is 0 Å². The summed E-state index contributed by atoms with van der Waals surface area (Å²) >= 11 is 0. The fourth-order valence-corrected chi connectivity index (χ4v) is 2.80. The van der Waals surface area contributed by atoms with Crippen LogP contribution in [0, 0.1) is 6.92 Å². The number of hydrogen-bond acceptors (Lipinski definition) is 5. The van der Waals surface area contributed by atoms with E-state index in [1.54, 1.807) is 6.92 Å². The van der Waals surface area contributed by atoms with Gasteiger partial charge in [-0.1, -0.05) is 0 Å². The smallest absolute Gasteiger partial charge is 0.219 e. The zero-order valence-corrected chi connectivity index (χ0v) is 14.1. The summed E-state index contributed by atoms with van der Waals surface area (Å²) in [6.07, 6.45) is 2.12. The molecule has 6 heteroatoms. The van der Waals surface area contributed by atoms with Gasteiger partial charge in [0.1, 0.15) is 11.6 Å². The second kappa shape index (κ2) is 7.54. The maximum absolute atomic E-state index is 11.6. The van der Waals surface area contributed by atoms with Crippen LogP contribution < -0.4 is 5.32 Å². The van der Waals surface area contributed by atoms with Crippen molar-refractivity contribution in [1.29, 1.82) is 0 Å². The van der Waals surface area contributed by atoms with E-state index in [2.05, 4.69) is 34.3 Å². The quantitative estimate of drug-likeness (QED) is 0.893. The molecular weight excluding hydrogens is 278 g/mol. The van der Waals surface area contributed by atoms with Gasteiger partial charge in [-0.15, -0.1) is 0 Å². The number of hydrogen-bond donors (Lipinski definition) is 1. The summed E-state index contributed by atoms with van der Waals surface area (Å²) in [6, 6.07) is 2.04. The van der Waals surface area contributed by atoms with Crippen molar-refractivity contribution in [2.24, 2.45) is 0 Å². The second-order valence-corrected chi connectivity index (χ2v) is 6.26. The van der Waals surface area contributed by atoms with E-state index in [4.69, 9.17) is 0 Å². The Kier molecular flexibility index (Phi) is 5.71. The zero-order chi connectivity index (χ0) is 16.1. The Hall–Kier alpha value is -1.69. The van der Waals surface area contributed by atoms with Gasteiger partial charge in [0.15, 0.2) is 0 Å². The summed E-state index contributed by atoms with van der Waals surface area (Å²) < 4.78 is 0. The van der Waals surface area contributed by atoms with Gasteiger partial charge in [-0.25, -0.2) is 9.97 Å². The first-order chi connectivity index (χ1) is 10.5. The van der Waals surface area contributed by atoms with Crippen LogP contribution in [-0.2, 0) is 4.79 Å². The van der Waals surface area contributed by atoms with Crippen LogP contribution in [0.1, 0.15) is 37.2 Å². The summed E-state index contributed by atoms with van der Waals surface area (Å²) in [5.74, 6) is 2.13. The molecule has 0 spiro atoms. The second-order valence-electron chi connectivity index (χ2n) is 6.26. The van der Waals surface area contributed by atoms with Crippen molar-refractivity contribution in [2.75, 3.05) is 45.6 Å². The molecule has 6 nitrogen and oxygen atoms in total. The lowest BCUT2D eigenvalue weighted by molar-refractivity contribution is -0.130. The maximum atomic E-state index is 11.6. The molecule has 1 aliphatic rings. The summed E-state index contributed by atoms with van der Waals surface area (Å²) in [4.78, 5) is 24.7. The third-order valence-electron chi connectivity index (χ3n) is 4.01. The third kappa shape index (κ3) is 4.66. The molecule has 2 heterocycles. The molecule has 0 aromatic carbocycles. The van der Waals surface area contributed by atoms with Crippen LogP contribution in [0.25, 0.3) is 0 Å². The Balaban J connectivity index is 2.06. The lowest BCUT2D eigenvalue weighted by Gasteiger charge is -2.32. The third-order valence-corrected chi connectivity index (χ3v) is 4.01. The van der Waals surface area contributed by atoms with Gasteiger partial charge in [-0.05, 0) is 33.9 Å². The topological polar surface area (TPSA) is 61.4 Å². The van der Waals surface area contributed by atoms with Gasteiger partial charge in [-0.3, -0.25) is 4.79 Å². The highest BCUT2D eigenvalue weighted by Gasteiger charge is 2.24. The minimum atomic E-state index is 0.153. The molecule has 0 radical (unpaired) electrons. The van der Waals surface area contributed by atoms with Crippen molar-refractivity contribution < 1.29 is 4.79 Å². The fraction of sp³-hybridized carbons (Fsp3) is 0.688. The minimum Gasteiger partial charge on any atom is -0.369 e. The van der Waals surface area contributed by atoms with Crippen molar-refractivity contribution in [3.8, 4) is 0 Å². The van der Waals surface area contributed by atoms with Crippen LogP contribution in [0.2, 0.25) is 0 Å². The number of likely N-dealkylation sites (N-methyl/N-ethyl adjacent to an activating group) is 1. The van der Waals surface area contributed by atoms with Crippen LogP contribution >= 0.6 is 0 Å². The minimum absolute atomic E-state index is 0.153. The molecule has 1 aromatic heterocycles. The lowest BCUT2D eigenvalue weighted by Crippen LogP contribution is -2.38. The first-order valence-electron chi connectivity index (χ1n) is 7.95. The van der Waals surface area contributed by atoms with E-state index >= 15 is 0 Å². The Morgan fingerprint density at radius 1 is 1.45 bits per heavy atom. The van der Waals surface area contributed by atoms with Gasteiger partial charge in [0.05, 0.1) is 5.69 Å². The summed E-state index contributed by atoms with van der Waals surface area (Å²) in [5, 5.41) is 3.36. The van der Waals surface area contributed by atoms with Crippen molar-refractivity contribution >= 4 is 11.7 Å². The number of amides is 1. The molecule has 0 aliphatic carbocycles. The van der Waals surface area contributed by atoms with Crippen LogP contribution in [0.5, 0.6) is 0 Å². The molecule has 0 bridgehead atoms. The van der Waals surface area contributed by atoms with E-state index in [-0.39, 0.29) is 5.91 Å². The Bertz CT molecular complexity index is 517. The van der Waals surface area contributed by atoms with E-state index < -0.39 is 0 Å². The van der Waals surface area contributed by atoms with Gasteiger partial charge < -0.3 is 15.1 Å². The van der Waals surface area contributed by atoms with Gasteiger partial charge in [0.2, 0.25) is 5.91 Å². The summed E-state index contributed by atoms with van der Waals surface area (Å²) in [7, 11) is 4.10. The number of rotatable bonds is 5. The summed E-state index contributed by atoms with van der Waals surface area (Å²) in [5.41, 5.74) is 1.05. The van der Waals surface area contributed by atoms with E-state index in [0.717, 1.165) is 56.4 Å². The van der Waals surface area contributed by atoms with Gasteiger partial charge in [0.25, 0.3) is 0 Å². The van der Waals surface area contributed by atoms with Crippen LogP contribution in [-0.4, -0.2) is 65.9 Å². The average molecular weight is 305 g/mol. The molecule has 2 rings (SSSR count). The number of aryl methyl sites for hydroxylation is 1. The molecule has 1 amide bonds. The molecule has 1 aliphatic heterocycles. The predicted octanol–water partition coefficient (Wildman–Crippen LogP) is 1.48. The standard InChI is InChI=1S/C16H27N5O/c1-12-18-15(10-16(19-12)17-7-9-20(3)4)14-6-5-8-21(11-14)13(2)22/h10,14H,5-9,11H2,1-4H3,(H,17,18,19). The first-order valence-corrected chi connectivity index (χ1v) is 7.95. The number of aromatic nitrogens is 2. The molecular formula is C16H27N5O. The SMILES string of the molecule is CC(=O)N1CCCC(c2cc(NCCN(C)C)nc(C)n2)C1. The molecule has 1 atom stereocenters. The summed E-state index contributed by atoms with van der Waals surface area (Å²) in [6.45, 7) is 7.01. The number of carbonyl (C=O) groups excluding carboxylic acids is 1. The lowest BCUT2D eigenvalue weighted by atomic mass is 9.94. The van der Waals surface area contributed by atoms with Crippen molar-refractivity contribution in [1.82, 2.24) is 19.8 Å². The Labute approximate surface area is 132 Å². The molecule has 1 saturated heterocycles. The average Bonchev–Trinajstić information content (AvgIpc) is 2.46. The predicted molar refractivity (Wildman–Crippen MR) is 88.0 cm³/mol. The zero-order valence-electron chi connectivity index (χ0n) is 14.1. The highest BCUT2D eigenvalue weighted by atomic mass is 16.2. The van der Waals surface area contributed by atoms with E-state index in [0.29, 0.717) is 5.92 Å².